The number of nitrogens with one attached hydrogen (secondary N) is 1. The zero-order valence-electron chi connectivity index (χ0n) is 13.6. The van der Waals surface area contributed by atoms with Gasteiger partial charge in [-0.3, -0.25) is 4.79 Å². The van der Waals surface area contributed by atoms with Crippen molar-refractivity contribution in [1.29, 1.82) is 0 Å². The van der Waals surface area contributed by atoms with E-state index in [9.17, 15) is 4.79 Å². The summed E-state index contributed by atoms with van der Waals surface area (Å²) in [5.74, 6) is 5.65. The van der Waals surface area contributed by atoms with Crippen molar-refractivity contribution in [3.63, 3.8) is 0 Å². The molecule has 0 bridgehead atoms. The Morgan fingerprint density at radius 2 is 2.05 bits per heavy atom. The van der Waals surface area contributed by atoms with E-state index in [-0.39, 0.29) is 18.0 Å². The Bertz CT molecular complexity index is 565. The molecule has 1 aromatic carbocycles. The van der Waals surface area contributed by atoms with Crippen LogP contribution in [0.5, 0.6) is 0 Å². The first-order chi connectivity index (χ1) is 9.77. The average molecular weight is 287 g/mol. The van der Waals surface area contributed by atoms with Crippen molar-refractivity contribution in [2.24, 2.45) is 5.73 Å². The smallest absolute Gasteiger partial charge is 0.252 e. The molecule has 4 heteroatoms. The molecule has 21 heavy (non-hydrogen) atoms. The minimum Gasteiger partial charge on any atom is -0.350 e. The molecule has 0 saturated heterocycles. The quantitative estimate of drug-likeness (QED) is 0.823. The summed E-state index contributed by atoms with van der Waals surface area (Å²) in [5, 5.41) is 2.98. The van der Waals surface area contributed by atoms with Gasteiger partial charge in [-0.1, -0.05) is 23.5 Å². The molecule has 0 atom stereocenters. The highest BCUT2D eigenvalue weighted by atomic mass is 16.1. The van der Waals surface area contributed by atoms with Gasteiger partial charge in [-0.15, -0.1) is 0 Å². The van der Waals surface area contributed by atoms with Crippen LogP contribution in [0.4, 0.5) is 0 Å². The molecule has 0 aliphatic rings. The van der Waals surface area contributed by atoms with Gasteiger partial charge in [0.2, 0.25) is 0 Å². The fourth-order valence-corrected chi connectivity index (χ4v) is 1.65. The molecule has 0 aliphatic heterocycles. The number of nitrogens with zero attached hydrogens (tertiary/aromatic N) is 1. The van der Waals surface area contributed by atoms with Gasteiger partial charge < -0.3 is 16.0 Å². The van der Waals surface area contributed by atoms with E-state index in [1.165, 1.54) is 0 Å². The molecule has 114 valence electrons. The molecule has 4 nitrogen and oxygen atoms in total. The zero-order chi connectivity index (χ0) is 16.0. The number of rotatable bonds is 4. The normalized spacial score (nSPS) is 11.0. The Morgan fingerprint density at radius 3 is 2.62 bits per heavy atom. The molecular weight excluding hydrogens is 262 g/mol. The summed E-state index contributed by atoms with van der Waals surface area (Å²) in [7, 11) is 3.99. The van der Waals surface area contributed by atoms with Crippen LogP contribution in [0.2, 0.25) is 0 Å². The minimum absolute atomic E-state index is 0.102. The predicted molar refractivity (Wildman–Crippen MR) is 87.2 cm³/mol. The topological polar surface area (TPSA) is 58.4 Å². The van der Waals surface area contributed by atoms with Gasteiger partial charge >= 0.3 is 0 Å². The SMILES string of the molecule is Cc1ccc(C#CCN)c(C(=O)NCC(C)(C)N(C)C)c1. The molecule has 0 spiro atoms. The Hall–Kier alpha value is -1.83. The van der Waals surface area contributed by atoms with Crippen LogP contribution in [0.3, 0.4) is 0 Å². The lowest BCUT2D eigenvalue weighted by Crippen LogP contribution is -2.48. The van der Waals surface area contributed by atoms with Gasteiger partial charge in [0.15, 0.2) is 0 Å². The number of aryl methyl sites for hydroxylation is 1. The lowest BCUT2D eigenvalue weighted by Gasteiger charge is -2.32. The van der Waals surface area contributed by atoms with Crippen LogP contribution in [0.1, 0.15) is 35.3 Å². The van der Waals surface area contributed by atoms with Crippen LogP contribution in [0.15, 0.2) is 18.2 Å². The lowest BCUT2D eigenvalue weighted by molar-refractivity contribution is 0.0919. The molecule has 0 aromatic heterocycles. The van der Waals surface area contributed by atoms with E-state index in [2.05, 4.69) is 35.9 Å². The summed E-state index contributed by atoms with van der Waals surface area (Å²) in [5.41, 5.74) is 7.64. The number of hydrogen-bond acceptors (Lipinski definition) is 3. The Morgan fingerprint density at radius 1 is 1.38 bits per heavy atom. The summed E-state index contributed by atoms with van der Waals surface area (Å²) in [6, 6.07) is 5.67. The van der Waals surface area contributed by atoms with Gasteiger partial charge in [0.05, 0.1) is 12.1 Å². The number of amides is 1. The molecule has 1 rings (SSSR count). The second-order valence-electron chi connectivity index (χ2n) is 5.94. The molecule has 3 N–H and O–H groups in total. The van der Waals surface area contributed by atoms with Crippen molar-refractivity contribution >= 4 is 5.91 Å². The van der Waals surface area contributed by atoms with Gasteiger partial charge in [0.25, 0.3) is 5.91 Å². The van der Waals surface area contributed by atoms with Gasteiger partial charge in [-0.05, 0) is 47.0 Å². The van der Waals surface area contributed by atoms with Gasteiger partial charge in [-0.25, -0.2) is 0 Å². The lowest BCUT2D eigenvalue weighted by atomic mass is 10.0. The first-order valence-electron chi connectivity index (χ1n) is 7.03. The molecule has 0 aliphatic carbocycles. The van der Waals surface area contributed by atoms with E-state index in [0.717, 1.165) is 5.56 Å². The molecule has 0 unspecified atom stereocenters. The first kappa shape index (κ1) is 17.2. The summed E-state index contributed by atoms with van der Waals surface area (Å²) in [6.45, 7) is 6.97. The van der Waals surface area contributed by atoms with Gasteiger partial charge in [0.1, 0.15) is 0 Å². The zero-order valence-corrected chi connectivity index (χ0v) is 13.6. The van der Waals surface area contributed by atoms with Crippen LogP contribution >= 0.6 is 0 Å². The number of carbonyl (C=O) groups excluding carboxylic acids is 1. The fraction of sp³-hybridized carbons (Fsp3) is 0.471. The van der Waals surface area contributed by atoms with Crippen LogP contribution in [0.25, 0.3) is 0 Å². The summed E-state index contributed by atoms with van der Waals surface area (Å²) in [4.78, 5) is 14.5. The Labute approximate surface area is 127 Å². The summed E-state index contributed by atoms with van der Waals surface area (Å²) in [6.07, 6.45) is 0. The highest BCUT2D eigenvalue weighted by Gasteiger charge is 2.22. The summed E-state index contributed by atoms with van der Waals surface area (Å²) >= 11 is 0. The average Bonchev–Trinajstić information content (AvgIpc) is 2.43. The molecule has 0 fully saturated rings. The number of nitrogens with two attached hydrogens (primary N) is 1. The third-order valence-corrected chi connectivity index (χ3v) is 3.64. The highest BCUT2D eigenvalue weighted by molar-refractivity contribution is 5.97. The van der Waals surface area contributed by atoms with Gasteiger partial charge in [0, 0.05) is 17.6 Å². The largest absolute Gasteiger partial charge is 0.350 e. The Kier molecular flexibility index (Phi) is 5.95. The molecular formula is C17H25N3O. The van der Waals surface area contributed by atoms with Crippen molar-refractivity contribution in [2.45, 2.75) is 26.3 Å². The third-order valence-electron chi connectivity index (χ3n) is 3.64. The predicted octanol–water partition coefficient (Wildman–Crippen LogP) is 1.38. The number of likely N-dealkylation sites (N-methyl/N-ethyl adjacent to an activating group) is 1. The van der Waals surface area contributed by atoms with Crippen molar-refractivity contribution in [2.75, 3.05) is 27.2 Å². The molecule has 1 aromatic rings. The summed E-state index contributed by atoms with van der Waals surface area (Å²) < 4.78 is 0. The maximum atomic E-state index is 12.4. The minimum atomic E-state index is -0.109. The molecule has 0 saturated carbocycles. The van der Waals surface area contributed by atoms with Crippen LogP contribution in [0, 0.1) is 18.8 Å². The van der Waals surface area contributed by atoms with Crippen molar-refractivity contribution in [3.05, 3.63) is 34.9 Å². The number of carbonyl (C=O) groups is 1. The number of benzene rings is 1. The molecule has 0 heterocycles. The van der Waals surface area contributed by atoms with Crippen molar-refractivity contribution < 1.29 is 4.79 Å². The van der Waals surface area contributed by atoms with Crippen molar-refractivity contribution in [3.8, 4) is 11.8 Å². The van der Waals surface area contributed by atoms with Crippen LogP contribution in [-0.4, -0.2) is 43.5 Å². The second-order valence-corrected chi connectivity index (χ2v) is 5.94. The van der Waals surface area contributed by atoms with Crippen LogP contribution < -0.4 is 11.1 Å². The Balaban J connectivity index is 2.94. The van der Waals surface area contributed by atoms with E-state index in [0.29, 0.717) is 17.7 Å². The fourth-order valence-electron chi connectivity index (χ4n) is 1.65. The van der Waals surface area contributed by atoms with E-state index in [1.807, 2.05) is 39.2 Å². The van der Waals surface area contributed by atoms with E-state index < -0.39 is 0 Å². The third kappa shape index (κ3) is 4.89. The molecule has 0 radical (unpaired) electrons. The highest BCUT2D eigenvalue weighted by Crippen LogP contribution is 2.12. The monoisotopic (exact) mass is 287 g/mol. The van der Waals surface area contributed by atoms with Gasteiger partial charge in [-0.2, -0.15) is 0 Å². The van der Waals surface area contributed by atoms with Crippen LogP contribution in [-0.2, 0) is 0 Å². The number of hydrogen-bond donors (Lipinski definition) is 2. The maximum Gasteiger partial charge on any atom is 0.252 e. The second kappa shape index (κ2) is 7.26. The van der Waals surface area contributed by atoms with E-state index >= 15 is 0 Å². The van der Waals surface area contributed by atoms with Crippen molar-refractivity contribution in [1.82, 2.24) is 10.2 Å². The standard InChI is InChI=1S/C17H25N3O/c1-13-8-9-14(7-6-10-18)15(11-13)16(21)19-12-17(2,3)20(4)5/h8-9,11H,10,12,18H2,1-5H3,(H,19,21). The van der Waals surface area contributed by atoms with E-state index in [1.54, 1.807) is 0 Å². The first-order valence-corrected chi connectivity index (χ1v) is 7.03. The van der Waals surface area contributed by atoms with E-state index in [4.69, 9.17) is 5.73 Å². The maximum absolute atomic E-state index is 12.4. The molecule has 1 amide bonds.